The Morgan fingerprint density at radius 1 is 1.24 bits per heavy atom. The van der Waals surface area contributed by atoms with Gasteiger partial charge in [0.05, 0.1) is 44.1 Å². The molecule has 2 N–H and O–H groups in total. The van der Waals surface area contributed by atoms with Crippen LogP contribution >= 0.6 is 11.8 Å². The predicted molar refractivity (Wildman–Crippen MR) is 125 cm³/mol. The zero-order valence-electron chi connectivity index (χ0n) is 18.5. The maximum absolute atomic E-state index is 12.6. The number of fused-ring (bicyclic) bond motifs is 1. The first-order valence-corrected chi connectivity index (χ1v) is 13.5. The number of hydrogen-bond donors (Lipinski definition) is 2. The number of hydrogen-bond acceptors (Lipinski definition) is 8. The van der Waals surface area contributed by atoms with Gasteiger partial charge in [0.1, 0.15) is 11.6 Å². The topological polar surface area (TPSA) is 91.2 Å². The van der Waals surface area contributed by atoms with Gasteiger partial charge >= 0.3 is 5.51 Å². The van der Waals surface area contributed by atoms with Gasteiger partial charge in [-0.05, 0) is 43.9 Å². The molecule has 1 saturated heterocycles. The van der Waals surface area contributed by atoms with Crippen molar-refractivity contribution in [2.45, 2.75) is 65.3 Å². The van der Waals surface area contributed by atoms with Crippen LogP contribution in [0.5, 0.6) is 0 Å². The van der Waals surface area contributed by atoms with Gasteiger partial charge in [0.25, 0.3) is 0 Å². The maximum atomic E-state index is 12.6. The van der Waals surface area contributed by atoms with E-state index in [2.05, 4.69) is 20.2 Å². The Kier molecular flexibility index (Phi) is 6.49. The summed E-state index contributed by atoms with van der Waals surface area (Å²) in [6.45, 7) is 1.47. The summed E-state index contributed by atoms with van der Waals surface area (Å²) in [7, 11) is -1.09. The van der Waals surface area contributed by atoms with E-state index in [0.717, 1.165) is 54.2 Å². The molecule has 12 heteroatoms. The lowest BCUT2D eigenvalue weighted by Crippen LogP contribution is -2.48. The smallest absolute Gasteiger partial charge is 0.394 e. The molecule has 0 radical (unpaired) electrons. The van der Waals surface area contributed by atoms with Crippen molar-refractivity contribution in [1.82, 2.24) is 15.0 Å². The predicted octanol–water partition coefficient (Wildman–Crippen LogP) is 3.86. The third-order valence-electron chi connectivity index (χ3n) is 6.86. The molecule has 2 aromatic rings. The molecule has 1 atom stereocenters. The summed E-state index contributed by atoms with van der Waals surface area (Å²) in [5.41, 5.74) is -3.03. The average molecular weight is 514 g/mol. The summed E-state index contributed by atoms with van der Waals surface area (Å²) < 4.78 is 50.2. The van der Waals surface area contributed by atoms with Crippen LogP contribution in [0, 0.1) is 0 Å². The van der Waals surface area contributed by atoms with Gasteiger partial charge < -0.3 is 15.3 Å². The van der Waals surface area contributed by atoms with E-state index < -0.39 is 16.3 Å². The molecule has 0 spiro atoms. The molecule has 3 aliphatic rings. The molecule has 0 bridgehead atoms. The Balaban J connectivity index is 1.29. The summed E-state index contributed by atoms with van der Waals surface area (Å²) in [5.74, 6) is 2.03. The van der Waals surface area contributed by atoms with Crippen LogP contribution < -0.4 is 10.2 Å². The summed E-state index contributed by atoms with van der Waals surface area (Å²) in [4.78, 5) is 16.1. The highest BCUT2D eigenvalue weighted by atomic mass is 32.2. The molecule has 0 aromatic carbocycles. The van der Waals surface area contributed by atoms with E-state index in [1.54, 1.807) is 0 Å². The summed E-state index contributed by atoms with van der Waals surface area (Å²) in [6, 6.07) is 1.96. The number of aliphatic hydroxyl groups is 1. The summed E-state index contributed by atoms with van der Waals surface area (Å²) in [6.07, 6.45) is 7.50. The van der Waals surface area contributed by atoms with E-state index in [1.807, 2.05) is 6.07 Å². The number of thioether (sulfide) groups is 1. The van der Waals surface area contributed by atoms with E-state index in [-0.39, 0.29) is 34.7 Å². The Bertz CT molecular complexity index is 1070. The van der Waals surface area contributed by atoms with Crippen molar-refractivity contribution in [3.63, 3.8) is 0 Å². The third kappa shape index (κ3) is 4.90. The molecule has 4 heterocycles. The van der Waals surface area contributed by atoms with Crippen LogP contribution in [0.1, 0.15) is 49.5 Å². The van der Waals surface area contributed by atoms with Crippen molar-refractivity contribution in [3.05, 3.63) is 30.0 Å². The number of rotatable bonds is 6. The molecule has 2 aromatic heterocycles. The number of halogens is 3. The molecular weight excluding hydrogens is 487 g/mol. The molecule has 2 aliphatic heterocycles. The van der Waals surface area contributed by atoms with Crippen LogP contribution in [0.25, 0.3) is 0 Å². The second-order valence-corrected chi connectivity index (χ2v) is 11.8. The van der Waals surface area contributed by atoms with Crippen molar-refractivity contribution in [3.8, 4) is 0 Å². The van der Waals surface area contributed by atoms with Gasteiger partial charge in [-0.15, -0.1) is 0 Å². The van der Waals surface area contributed by atoms with Crippen molar-refractivity contribution < 1.29 is 22.5 Å². The van der Waals surface area contributed by atoms with Crippen molar-refractivity contribution in [2.75, 3.05) is 35.7 Å². The molecule has 0 amide bonds. The number of nitrogens with zero attached hydrogens (tertiary/aromatic N) is 4. The summed E-state index contributed by atoms with van der Waals surface area (Å²) in [5, 5.41) is 13.4. The van der Waals surface area contributed by atoms with Gasteiger partial charge in [-0.1, -0.05) is 0 Å². The number of alkyl halides is 3. The number of nitrogens with one attached hydrogen (secondary N) is 1. The fourth-order valence-electron chi connectivity index (χ4n) is 4.84. The van der Waals surface area contributed by atoms with Gasteiger partial charge in [-0.25, -0.2) is 15.0 Å². The molecular formula is C22H26F3N5O2S2. The number of aromatic nitrogens is 3. The van der Waals surface area contributed by atoms with Crippen molar-refractivity contribution >= 4 is 34.1 Å². The van der Waals surface area contributed by atoms with Crippen molar-refractivity contribution in [1.29, 1.82) is 0 Å². The lowest BCUT2D eigenvalue weighted by Gasteiger charge is -2.42. The SMILES string of the molecule is O=S1CCc2nc(N3CCC(c4ncc(SC(F)(F)F)cn4)CC3)cc(NC3(CO)CCC3)c21. The molecule has 1 saturated carbocycles. The second-order valence-electron chi connectivity index (χ2n) is 9.11. The van der Waals surface area contributed by atoms with E-state index in [4.69, 9.17) is 4.98 Å². The third-order valence-corrected chi connectivity index (χ3v) is 9.02. The standard InChI is InChI=1S/C22H26F3N5O2S2/c23-22(24,25)33-15-11-26-20(27-12-15)14-2-7-30(8-3-14)18-10-17(29-21(13-31)5-1-6-21)19-16(28-18)4-9-34(19)32/h10-12,14,31H,1-9,13H2,(H,28,29). The van der Waals surface area contributed by atoms with Gasteiger partial charge in [0.15, 0.2) is 0 Å². The number of aliphatic hydroxyl groups excluding tert-OH is 1. The normalized spacial score (nSPS) is 22.4. The molecule has 184 valence electrons. The molecule has 34 heavy (non-hydrogen) atoms. The lowest BCUT2D eigenvalue weighted by molar-refractivity contribution is -0.0328. The minimum absolute atomic E-state index is 0.0134. The van der Waals surface area contributed by atoms with E-state index >= 15 is 0 Å². The van der Waals surface area contributed by atoms with Crippen LogP contribution in [0.3, 0.4) is 0 Å². The van der Waals surface area contributed by atoms with E-state index in [9.17, 15) is 22.5 Å². The van der Waals surface area contributed by atoms with Crippen LogP contribution in [-0.2, 0) is 17.2 Å². The Morgan fingerprint density at radius 3 is 2.53 bits per heavy atom. The van der Waals surface area contributed by atoms with Gasteiger partial charge in [0.2, 0.25) is 0 Å². The first kappa shape index (κ1) is 23.8. The van der Waals surface area contributed by atoms with Gasteiger partial charge in [-0.3, -0.25) is 4.21 Å². The molecule has 5 rings (SSSR count). The average Bonchev–Trinajstić information content (AvgIpc) is 3.17. The Hall–Kier alpha value is -1.92. The van der Waals surface area contributed by atoms with Crippen LogP contribution in [0.4, 0.5) is 24.7 Å². The highest BCUT2D eigenvalue weighted by Gasteiger charge is 2.38. The summed E-state index contributed by atoms with van der Waals surface area (Å²) >= 11 is -0.209. The van der Waals surface area contributed by atoms with Crippen LogP contribution in [-0.4, -0.2) is 60.8 Å². The highest BCUT2D eigenvalue weighted by Crippen LogP contribution is 2.41. The first-order valence-electron chi connectivity index (χ1n) is 11.4. The number of aryl methyl sites for hydroxylation is 1. The minimum atomic E-state index is -4.35. The maximum Gasteiger partial charge on any atom is 0.446 e. The first-order chi connectivity index (χ1) is 16.3. The molecule has 1 unspecified atom stereocenters. The van der Waals surface area contributed by atoms with E-state index in [1.165, 1.54) is 12.4 Å². The molecule has 1 aliphatic carbocycles. The molecule has 7 nitrogen and oxygen atoms in total. The monoisotopic (exact) mass is 513 g/mol. The zero-order valence-corrected chi connectivity index (χ0v) is 20.1. The number of anilines is 2. The quantitative estimate of drug-likeness (QED) is 0.563. The van der Waals surface area contributed by atoms with Crippen LogP contribution in [0.15, 0.2) is 28.3 Å². The molecule has 2 fully saturated rings. The zero-order chi connectivity index (χ0) is 23.9. The highest BCUT2D eigenvalue weighted by molar-refractivity contribution is 8.00. The number of pyridine rings is 1. The Morgan fingerprint density at radius 2 is 1.94 bits per heavy atom. The lowest BCUT2D eigenvalue weighted by atomic mass is 9.77. The van der Waals surface area contributed by atoms with E-state index in [0.29, 0.717) is 31.1 Å². The second kappa shape index (κ2) is 9.27. The van der Waals surface area contributed by atoms with Crippen LogP contribution in [0.2, 0.25) is 0 Å². The minimum Gasteiger partial charge on any atom is -0.394 e. The fraction of sp³-hybridized carbons (Fsp3) is 0.591. The Labute approximate surface area is 202 Å². The largest absolute Gasteiger partial charge is 0.446 e. The fourth-order valence-corrected chi connectivity index (χ4v) is 6.67. The van der Waals surface area contributed by atoms with Gasteiger partial charge in [-0.2, -0.15) is 13.2 Å². The van der Waals surface area contributed by atoms with Gasteiger partial charge in [0, 0.05) is 49.6 Å². The number of piperidine rings is 1. The van der Waals surface area contributed by atoms with Crippen molar-refractivity contribution in [2.24, 2.45) is 0 Å².